The SMILES string of the molecule is O=NC1=C/C=C/C=C\C2=C/C=C\C=C\1CCC2. The standard InChI is InChI=1S/C15H15NO/c17-16-15-12-3-1-2-7-13-8-4-5-10-14(15)11-6-9-13/h1-5,7-8,10,12H,6,9,11H2/b2-1?,3-1+,5-4-,7-2-,8-4?,10-5?,12-3?,13-7?,13-8+,14-10+,15-12+,15-14?. The van der Waals surface area contributed by atoms with Crippen molar-refractivity contribution in [1.82, 2.24) is 0 Å². The van der Waals surface area contributed by atoms with Crippen molar-refractivity contribution in [2.75, 3.05) is 0 Å². The zero-order chi connectivity index (χ0) is 11.9. The van der Waals surface area contributed by atoms with E-state index < -0.39 is 0 Å². The van der Waals surface area contributed by atoms with Crippen LogP contribution in [-0.2, 0) is 0 Å². The number of nitrogens with zero attached hydrogens (tertiary/aromatic N) is 1. The van der Waals surface area contributed by atoms with Gasteiger partial charge in [0.25, 0.3) is 0 Å². The Morgan fingerprint density at radius 2 is 1.71 bits per heavy atom. The highest BCUT2D eigenvalue weighted by Crippen LogP contribution is 2.22. The van der Waals surface area contributed by atoms with Gasteiger partial charge in [-0.05, 0) is 41.7 Å². The highest BCUT2D eigenvalue weighted by Gasteiger charge is 2.06. The van der Waals surface area contributed by atoms with Crippen LogP contribution in [0, 0.1) is 4.91 Å². The van der Waals surface area contributed by atoms with E-state index in [0.717, 1.165) is 24.8 Å². The molecule has 2 heteroatoms. The number of allylic oxidation sites excluding steroid dienone is 11. The van der Waals surface area contributed by atoms with Crippen molar-refractivity contribution in [2.24, 2.45) is 5.18 Å². The molecule has 0 atom stereocenters. The van der Waals surface area contributed by atoms with Gasteiger partial charge < -0.3 is 0 Å². The molecule has 0 saturated heterocycles. The highest BCUT2D eigenvalue weighted by molar-refractivity contribution is 5.39. The summed E-state index contributed by atoms with van der Waals surface area (Å²) in [7, 11) is 0. The molecule has 0 saturated carbocycles. The minimum absolute atomic E-state index is 0.532. The Kier molecular flexibility index (Phi) is 4.03. The second-order valence-electron chi connectivity index (χ2n) is 4.06. The molecule has 0 radical (unpaired) electrons. The maximum Gasteiger partial charge on any atom is 0.111 e. The largest absolute Gasteiger partial charge is 0.145 e. The van der Waals surface area contributed by atoms with Crippen LogP contribution in [0.25, 0.3) is 0 Å². The number of fused-ring (bicyclic) bond motifs is 4. The number of rotatable bonds is 1. The average Bonchev–Trinajstić information content (AvgIpc) is 2.41. The molecule has 2 bridgehead atoms. The minimum Gasteiger partial charge on any atom is -0.145 e. The summed E-state index contributed by atoms with van der Waals surface area (Å²) >= 11 is 0. The molecule has 0 aliphatic heterocycles. The van der Waals surface area contributed by atoms with Gasteiger partial charge in [-0.15, -0.1) is 4.91 Å². The van der Waals surface area contributed by atoms with E-state index in [1.807, 2.05) is 36.5 Å². The topological polar surface area (TPSA) is 29.4 Å². The lowest BCUT2D eigenvalue weighted by atomic mass is 10.0. The van der Waals surface area contributed by atoms with Gasteiger partial charge in [0.2, 0.25) is 0 Å². The van der Waals surface area contributed by atoms with Gasteiger partial charge in [-0.3, -0.25) is 0 Å². The molecule has 2 rings (SSSR count). The Labute approximate surface area is 101 Å². The maximum absolute atomic E-state index is 10.8. The van der Waals surface area contributed by atoms with Crippen molar-refractivity contribution in [1.29, 1.82) is 0 Å². The van der Waals surface area contributed by atoms with Gasteiger partial charge in [0.05, 0.1) is 0 Å². The van der Waals surface area contributed by atoms with E-state index in [-0.39, 0.29) is 0 Å². The van der Waals surface area contributed by atoms with Gasteiger partial charge in [-0.2, -0.15) is 0 Å². The lowest BCUT2D eigenvalue weighted by Gasteiger charge is -2.04. The fraction of sp³-hybridized carbons (Fsp3) is 0.200. The first-order valence-corrected chi connectivity index (χ1v) is 5.85. The smallest absolute Gasteiger partial charge is 0.111 e. The first kappa shape index (κ1) is 11.5. The maximum atomic E-state index is 10.8. The van der Waals surface area contributed by atoms with Crippen LogP contribution in [0.15, 0.2) is 76.7 Å². The molecule has 0 unspecified atom stereocenters. The number of hydrogen-bond donors (Lipinski definition) is 0. The van der Waals surface area contributed by atoms with Crippen LogP contribution in [0.4, 0.5) is 0 Å². The molecular weight excluding hydrogens is 210 g/mol. The predicted octanol–water partition coefficient (Wildman–Crippen LogP) is 4.36. The minimum atomic E-state index is 0.532. The van der Waals surface area contributed by atoms with Gasteiger partial charge in [0.1, 0.15) is 5.70 Å². The van der Waals surface area contributed by atoms with Crippen LogP contribution < -0.4 is 0 Å². The van der Waals surface area contributed by atoms with Crippen LogP contribution in [0.3, 0.4) is 0 Å². The summed E-state index contributed by atoms with van der Waals surface area (Å²) in [6.45, 7) is 0. The van der Waals surface area contributed by atoms with Crippen molar-refractivity contribution >= 4 is 0 Å². The van der Waals surface area contributed by atoms with Crippen LogP contribution in [0.2, 0.25) is 0 Å². The van der Waals surface area contributed by atoms with Crippen molar-refractivity contribution in [3.8, 4) is 0 Å². The summed E-state index contributed by atoms with van der Waals surface area (Å²) in [5.41, 5.74) is 2.85. The van der Waals surface area contributed by atoms with Crippen molar-refractivity contribution < 1.29 is 0 Å². The van der Waals surface area contributed by atoms with E-state index in [1.54, 1.807) is 6.08 Å². The zero-order valence-electron chi connectivity index (χ0n) is 9.67. The van der Waals surface area contributed by atoms with E-state index in [2.05, 4.69) is 17.3 Å². The van der Waals surface area contributed by atoms with Crippen LogP contribution in [-0.4, -0.2) is 0 Å². The normalized spacial score (nSPS) is 34.5. The quantitative estimate of drug-likeness (QED) is 0.610. The molecule has 0 aromatic carbocycles. The molecule has 86 valence electrons. The molecule has 0 spiro atoms. The first-order chi connectivity index (χ1) is 8.40. The second-order valence-corrected chi connectivity index (χ2v) is 4.06. The van der Waals surface area contributed by atoms with Crippen LogP contribution >= 0.6 is 0 Å². The molecule has 2 aliphatic rings. The molecule has 0 aromatic rings. The number of hydrogen-bond acceptors (Lipinski definition) is 2. The summed E-state index contributed by atoms with van der Waals surface area (Å²) in [5, 5.41) is 3.12. The van der Waals surface area contributed by atoms with E-state index in [0.29, 0.717) is 5.70 Å². The Morgan fingerprint density at radius 3 is 2.59 bits per heavy atom. The van der Waals surface area contributed by atoms with Gasteiger partial charge in [-0.25, -0.2) is 0 Å². The van der Waals surface area contributed by atoms with E-state index in [9.17, 15) is 4.91 Å². The Bertz CT molecular complexity index is 473. The zero-order valence-corrected chi connectivity index (χ0v) is 9.67. The second kappa shape index (κ2) is 5.94. The predicted molar refractivity (Wildman–Crippen MR) is 71.3 cm³/mol. The molecule has 0 fully saturated rings. The van der Waals surface area contributed by atoms with Gasteiger partial charge in [0.15, 0.2) is 0 Å². The Morgan fingerprint density at radius 1 is 0.882 bits per heavy atom. The van der Waals surface area contributed by atoms with Gasteiger partial charge >= 0.3 is 0 Å². The molecule has 2 nitrogen and oxygen atoms in total. The van der Waals surface area contributed by atoms with E-state index in [1.165, 1.54) is 5.57 Å². The summed E-state index contributed by atoms with van der Waals surface area (Å²) in [5.74, 6) is 0. The monoisotopic (exact) mass is 225 g/mol. The van der Waals surface area contributed by atoms with E-state index >= 15 is 0 Å². The lowest BCUT2D eigenvalue weighted by molar-refractivity contribution is 0.818. The molecule has 0 aromatic heterocycles. The Hall–Kier alpha value is -1.96. The first-order valence-electron chi connectivity index (χ1n) is 5.85. The van der Waals surface area contributed by atoms with Crippen molar-refractivity contribution in [2.45, 2.75) is 19.3 Å². The molecule has 0 heterocycles. The lowest BCUT2D eigenvalue weighted by Crippen LogP contribution is -1.88. The summed E-state index contributed by atoms with van der Waals surface area (Å²) in [4.78, 5) is 10.8. The third-order valence-electron chi connectivity index (χ3n) is 2.84. The van der Waals surface area contributed by atoms with Crippen LogP contribution in [0.5, 0.6) is 0 Å². The van der Waals surface area contributed by atoms with Crippen molar-refractivity contribution in [3.05, 3.63) is 76.4 Å². The summed E-state index contributed by atoms with van der Waals surface area (Å²) < 4.78 is 0. The Balaban J connectivity index is 2.45. The molecule has 0 N–H and O–H groups in total. The van der Waals surface area contributed by atoms with Gasteiger partial charge in [-0.1, -0.05) is 48.6 Å². The van der Waals surface area contributed by atoms with Crippen molar-refractivity contribution in [3.63, 3.8) is 0 Å². The summed E-state index contributed by atoms with van der Waals surface area (Å²) in [6.07, 6.45) is 20.7. The molecule has 0 amide bonds. The van der Waals surface area contributed by atoms with Gasteiger partial charge in [0, 0.05) is 0 Å². The van der Waals surface area contributed by atoms with E-state index in [4.69, 9.17) is 0 Å². The third kappa shape index (κ3) is 3.25. The summed E-state index contributed by atoms with van der Waals surface area (Å²) in [6, 6.07) is 0. The fourth-order valence-electron chi connectivity index (χ4n) is 1.94. The van der Waals surface area contributed by atoms with Crippen LogP contribution in [0.1, 0.15) is 19.3 Å². The highest BCUT2D eigenvalue weighted by atomic mass is 16.3. The molecule has 17 heavy (non-hydrogen) atoms. The average molecular weight is 225 g/mol. The molecule has 2 aliphatic carbocycles. The molecular formula is C15H15NO. The number of nitroso groups, excluding NO2 is 1. The third-order valence-corrected chi connectivity index (χ3v) is 2.84. The fourth-order valence-corrected chi connectivity index (χ4v) is 1.94.